The molecule has 1 aromatic rings. The van der Waals surface area contributed by atoms with Gasteiger partial charge in [-0.2, -0.15) is 0 Å². The maximum absolute atomic E-state index is 12.4. The summed E-state index contributed by atoms with van der Waals surface area (Å²) in [6, 6.07) is 1.68. The quantitative estimate of drug-likeness (QED) is 0.720. The molecule has 1 aromatic heterocycles. The fraction of sp³-hybridized carbons (Fsp3) is 0.750. The van der Waals surface area contributed by atoms with Crippen molar-refractivity contribution in [3.63, 3.8) is 0 Å². The molecule has 0 aromatic carbocycles. The molecule has 9 heteroatoms. The molecule has 1 N–H and O–H groups in total. The summed E-state index contributed by atoms with van der Waals surface area (Å²) in [5.41, 5.74) is 0.302. The molecule has 1 saturated heterocycles. The summed E-state index contributed by atoms with van der Waals surface area (Å²) in [6.07, 6.45) is 3.98. The van der Waals surface area contributed by atoms with E-state index in [0.717, 1.165) is 19.4 Å². The molecule has 2 atom stereocenters. The van der Waals surface area contributed by atoms with E-state index >= 15 is 0 Å². The van der Waals surface area contributed by atoms with Crippen LogP contribution in [0.15, 0.2) is 10.6 Å². The van der Waals surface area contributed by atoms with E-state index in [-0.39, 0.29) is 30.1 Å². The van der Waals surface area contributed by atoms with Crippen LogP contribution >= 0.6 is 12.4 Å². The number of amides is 1. The largest absolute Gasteiger partial charge is 0.361 e. The summed E-state index contributed by atoms with van der Waals surface area (Å²) in [5, 5.41) is 6.85. The van der Waals surface area contributed by atoms with Gasteiger partial charge in [-0.3, -0.25) is 9.69 Å². The lowest BCUT2D eigenvalue weighted by Gasteiger charge is -2.18. The van der Waals surface area contributed by atoms with Crippen LogP contribution in [0.2, 0.25) is 0 Å². The highest BCUT2D eigenvalue weighted by Gasteiger charge is 2.33. The third-order valence-corrected chi connectivity index (χ3v) is 5.34. The lowest BCUT2D eigenvalue weighted by atomic mass is 9.98. The zero-order chi connectivity index (χ0) is 17.7. The molecule has 0 radical (unpaired) electrons. The van der Waals surface area contributed by atoms with Crippen molar-refractivity contribution in [2.24, 2.45) is 5.92 Å². The van der Waals surface area contributed by atoms with Crippen molar-refractivity contribution in [3.8, 4) is 0 Å². The number of sulfone groups is 1. The van der Waals surface area contributed by atoms with E-state index in [4.69, 9.17) is 4.52 Å². The number of nitrogens with one attached hydrogen (secondary N) is 1. The van der Waals surface area contributed by atoms with E-state index in [1.807, 2.05) is 6.92 Å². The zero-order valence-corrected chi connectivity index (χ0v) is 16.7. The normalized spacial score (nSPS) is 21.1. The van der Waals surface area contributed by atoms with Crippen molar-refractivity contribution in [2.45, 2.75) is 39.2 Å². The lowest BCUT2D eigenvalue weighted by Crippen LogP contribution is -2.41. The Bertz CT molecular complexity index is 662. The second kappa shape index (κ2) is 9.54. The smallest absolute Gasteiger partial charge is 0.273 e. The number of halogens is 1. The molecule has 0 unspecified atom stereocenters. The predicted octanol–water partition coefficient (Wildman–Crippen LogP) is 1.53. The molecule has 2 heterocycles. The van der Waals surface area contributed by atoms with Gasteiger partial charge in [0, 0.05) is 44.4 Å². The first-order valence-corrected chi connectivity index (χ1v) is 10.5. The number of likely N-dealkylation sites (tertiary alicyclic amines) is 1. The van der Waals surface area contributed by atoms with Crippen LogP contribution in [0.4, 0.5) is 0 Å². The first-order chi connectivity index (χ1) is 11.3. The number of aryl methyl sites for hydroxylation is 1. The number of rotatable bonds is 8. The van der Waals surface area contributed by atoms with E-state index in [9.17, 15) is 13.2 Å². The fourth-order valence-corrected chi connectivity index (χ4v) is 3.68. The summed E-state index contributed by atoms with van der Waals surface area (Å²) < 4.78 is 27.8. The minimum Gasteiger partial charge on any atom is -0.361 e. The number of nitrogens with zero attached hydrogens (tertiary/aromatic N) is 2. The highest BCUT2D eigenvalue weighted by atomic mass is 35.5. The molecule has 1 fully saturated rings. The van der Waals surface area contributed by atoms with E-state index in [0.29, 0.717) is 36.9 Å². The second-order valence-corrected chi connectivity index (χ2v) is 8.81. The maximum Gasteiger partial charge on any atom is 0.273 e. The SMILES string of the molecule is CCC[C@H]1CN(CCS(C)(=O)=O)C[C@@H]1NC(=O)c1cc(CC)on1.Cl. The average Bonchev–Trinajstić information content (AvgIpc) is 3.12. The monoisotopic (exact) mass is 393 g/mol. The Labute approximate surface area is 155 Å². The maximum atomic E-state index is 12.4. The Morgan fingerprint density at radius 1 is 1.40 bits per heavy atom. The lowest BCUT2D eigenvalue weighted by molar-refractivity contribution is 0.0920. The van der Waals surface area contributed by atoms with E-state index in [2.05, 4.69) is 22.3 Å². The molecule has 0 aliphatic carbocycles. The number of aromatic nitrogens is 1. The van der Waals surface area contributed by atoms with Gasteiger partial charge in [0.25, 0.3) is 5.91 Å². The van der Waals surface area contributed by atoms with Crippen molar-refractivity contribution >= 4 is 28.2 Å². The van der Waals surface area contributed by atoms with Crippen LogP contribution in [-0.2, 0) is 16.3 Å². The van der Waals surface area contributed by atoms with Gasteiger partial charge in [0.15, 0.2) is 5.69 Å². The van der Waals surface area contributed by atoms with Crippen LogP contribution in [0.5, 0.6) is 0 Å². The van der Waals surface area contributed by atoms with E-state index in [1.54, 1.807) is 6.07 Å². The number of carbonyl (C=O) groups excluding carboxylic acids is 1. The highest BCUT2D eigenvalue weighted by Crippen LogP contribution is 2.22. The highest BCUT2D eigenvalue weighted by molar-refractivity contribution is 7.90. The second-order valence-electron chi connectivity index (χ2n) is 6.55. The third kappa shape index (κ3) is 6.60. The van der Waals surface area contributed by atoms with Gasteiger partial charge < -0.3 is 9.84 Å². The Morgan fingerprint density at radius 2 is 2.12 bits per heavy atom. The van der Waals surface area contributed by atoms with Crippen LogP contribution in [0.3, 0.4) is 0 Å². The average molecular weight is 394 g/mol. The topological polar surface area (TPSA) is 92.5 Å². The minimum absolute atomic E-state index is 0. The van der Waals surface area contributed by atoms with Gasteiger partial charge in [0.2, 0.25) is 0 Å². The first kappa shape index (κ1) is 21.9. The molecule has 144 valence electrons. The number of hydrogen-bond acceptors (Lipinski definition) is 6. The summed E-state index contributed by atoms with van der Waals surface area (Å²) in [7, 11) is -2.98. The molecule has 2 rings (SSSR count). The molecule has 0 bridgehead atoms. The summed E-state index contributed by atoms with van der Waals surface area (Å²) in [5.74, 6) is 0.937. The molecular weight excluding hydrogens is 366 g/mol. The standard InChI is InChI=1S/C16H27N3O4S.ClH/c1-4-6-12-10-19(7-8-24(3,21)22)11-15(12)17-16(20)14-9-13(5-2)23-18-14;/h9,12,15H,4-8,10-11H2,1-3H3,(H,17,20);1H/t12-,15-;/m0./s1. The minimum atomic E-state index is -2.98. The van der Waals surface area contributed by atoms with Gasteiger partial charge in [-0.15, -0.1) is 12.4 Å². The van der Waals surface area contributed by atoms with Crippen molar-refractivity contribution in [1.29, 1.82) is 0 Å². The summed E-state index contributed by atoms with van der Waals surface area (Å²) in [4.78, 5) is 14.5. The Morgan fingerprint density at radius 3 is 2.68 bits per heavy atom. The van der Waals surface area contributed by atoms with E-state index < -0.39 is 9.84 Å². The Balaban J connectivity index is 0.00000312. The van der Waals surface area contributed by atoms with Crippen LogP contribution in [0.1, 0.15) is 42.9 Å². The van der Waals surface area contributed by atoms with Crippen molar-refractivity contribution in [1.82, 2.24) is 15.4 Å². The molecule has 0 saturated carbocycles. The summed E-state index contributed by atoms with van der Waals surface area (Å²) >= 11 is 0. The van der Waals surface area contributed by atoms with Crippen LogP contribution in [-0.4, -0.2) is 62.1 Å². The Hall–Kier alpha value is -1.12. The van der Waals surface area contributed by atoms with Gasteiger partial charge in [-0.05, 0) is 12.3 Å². The third-order valence-electron chi connectivity index (χ3n) is 4.41. The molecule has 0 spiro atoms. The van der Waals surface area contributed by atoms with Gasteiger partial charge in [0.1, 0.15) is 15.6 Å². The molecule has 1 amide bonds. The van der Waals surface area contributed by atoms with Gasteiger partial charge in [0.05, 0.1) is 5.75 Å². The van der Waals surface area contributed by atoms with Crippen LogP contribution in [0, 0.1) is 5.92 Å². The predicted molar refractivity (Wildman–Crippen MR) is 98.9 cm³/mol. The molecule has 25 heavy (non-hydrogen) atoms. The zero-order valence-electron chi connectivity index (χ0n) is 15.0. The fourth-order valence-electron chi connectivity index (χ4n) is 3.09. The molecule has 1 aliphatic rings. The van der Waals surface area contributed by atoms with Gasteiger partial charge in [-0.25, -0.2) is 8.42 Å². The number of hydrogen-bond donors (Lipinski definition) is 1. The Kier molecular flexibility index (Phi) is 8.37. The molecule has 1 aliphatic heterocycles. The molecule has 7 nitrogen and oxygen atoms in total. The van der Waals surface area contributed by atoms with E-state index in [1.165, 1.54) is 6.26 Å². The van der Waals surface area contributed by atoms with Crippen LogP contribution < -0.4 is 5.32 Å². The van der Waals surface area contributed by atoms with Crippen LogP contribution in [0.25, 0.3) is 0 Å². The summed E-state index contributed by atoms with van der Waals surface area (Å²) in [6.45, 7) is 6.05. The van der Waals surface area contributed by atoms with Gasteiger partial charge >= 0.3 is 0 Å². The number of carbonyl (C=O) groups is 1. The van der Waals surface area contributed by atoms with Crippen molar-refractivity contribution in [2.75, 3.05) is 31.6 Å². The van der Waals surface area contributed by atoms with Crippen molar-refractivity contribution < 1.29 is 17.7 Å². The first-order valence-electron chi connectivity index (χ1n) is 8.49. The van der Waals surface area contributed by atoms with Crippen molar-refractivity contribution in [3.05, 3.63) is 17.5 Å². The molecular formula is C16H28ClN3O4S. The van der Waals surface area contributed by atoms with Gasteiger partial charge in [-0.1, -0.05) is 25.4 Å².